The Balaban J connectivity index is 2.21. The second kappa shape index (κ2) is 7.28. The van der Waals surface area contributed by atoms with Crippen LogP contribution in [-0.4, -0.2) is 36.6 Å². The maximum atomic E-state index is 9.84. The fourth-order valence-electron chi connectivity index (χ4n) is 1.45. The van der Waals surface area contributed by atoms with E-state index in [9.17, 15) is 5.11 Å². The lowest BCUT2D eigenvalue weighted by atomic mass is 10.3. The maximum absolute atomic E-state index is 9.84. The smallest absolute Gasteiger partial charge is 0.112 e. The molecule has 15 heavy (non-hydrogen) atoms. The van der Waals surface area contributed by atoms with Crippen molar-refractivity contribution in [3.63, 3.8) is 0 Å². The van der Waals surface area contributed by atoms with Gasteiger partial charge in [0.1, 0.15) is 12.6 Å². The van der Waals surface area contributed by atoms with Crippen LogP contribution in [0.5, 0.6) is 0 Å². The third-order valence-electron chi connectivity index (χ3n) is 2.44. The molecular formula is C11H20NOS2+. The summed E-state index contributed by atoms with van der Waals surface area (Å²) in [5, 5.41) is 11.9. The molecule has 86 valence electrons. The summed E-state index contributed by atoms with van der Waals surface area (Å²) in [6, 6.07) is 4.15. The van der Waals surface area contributed by atoms with E-state index in [1.54, 1.807) is 23.1 Å². The lowest BCUT2D eigenvalue weighted by Crippen LogP contribution is -3.12. The lowest BCUT2D eigenvalue weighted by molar-refractivity contribution is -0.899. The number of aliphatic hydroxyl groups excluding tert-OH is 1. The molecule has 0 amide bonds. The Labute approximate surface area is 100 Å². The first kappa shape index (κ1) is 13.0. The van der Waals surface area contributed by atoms with Crippen molar-refractivity contribution in [3.8, 4) is 0 Å². The number of thioether (sulfide) groups is 1. The SMILES string of the molecule is CC[NH+](CC)C[C@H](O)CSc1cccs1. The van der Waals surface area contributed by atoms with Gasteiger partial charge in [-0.05, 0) is 25.3 Å². The second-order valence-electron chi connectivity index (χ2n) is 3.56. The van der Waals surface area contributed by atoms with Crippen LogP contribution in [0.15, 0.2) is 21.7 Å². The van der Waals surface area contributed by atoms with Crippen LogP contribution in [0.3, 0.4) is 0 Å². The van der Waals surface area contributed by atoms with Crippen molar-refractivity contribution < 1.29 is 10.0 Å². The van der Waals surface area contributed by atoms with E-state index in [-0.39, 0.29) is 6.10 Å². The van der Waals surface area contributed by atoms with E-state index in [0.717, 1.165) is 25.4 Å². The fourth-order valence-corrected chi connectivity index (χ4v) is 3.20. The van der Waals surface area contributed by atoms with Crippen molar-refractivity contribution in [1.29, 1.82) is 0 Å². The molecule has 0 aromatic carbocycles. The average Bonchev–Trinajstić information content (AvgIpc) is 2.75. The van der Waals surface area contributed by atoms with Gasteiger partial charge in [0.25, 0.3) is 0 Å². The van der Waals surface area contributed by atoms with Gasteiger partial charge in [0.15, 0.2) is 0 Å². The summed E-state index contributed by atoms with van der Waals surface area (Å²) in [5.41, 5.74) is 0. The Hall–Kier alpha value is -0.0300. The van der Waals surface area contributed by atoms with Gasteiger partial charge in [-0.15, -0.1) is 23.1 Å². The number of hydrogen-bond donors (Lipinski definition) is 2. The van der Waals surface area contributed by atoms with Crippen molar-refractivity contribution in [3.05, 3.63) is 17.5 Å². The van der Waals surface area contributed by atoms with Gasteiger partial charge in [0.05, 0.1) is 17.3 Å². The standard InChI is InChI=1S/C11H19NOS2/c1-3-12(4-2)8-10(13)9-15-11-6-5-7-14-11/h5-7,10,13H,3-4,8-9H2,1-2H3/p+1/t10-/m0/s1. The van der Waals surface area contributed by atoms with Crippen molar-refractivity contribution in [2.75, 3.05) is 25.4 Å². The van der Waals surface area contributed by atoms with Gasteiger partial charge >= 0.3 is 0 Å². The molecule has 2 N–H and O–H groups in total. The molecule has 1 atom stereocenters. The largest absolute Gasteiger partial charge is 0.386 e. The molecule has 1 rings (SSSR count). The van der Waals surface area contributed by atoms with Crippen molar-refractivity contribution in [2.45, 2.75) is 24.2 Å². The number of hydrogen-bond acceptors (Lipinski definition) is 3. The van der Waals surface area contributed by atoms with E-state index in [2.05, 4.69) is 31.4 Å². The Morgan fingerprint density at radius 1 is 1.47 bits per heavy atom. The first-order chi connectivity index (χ1) is 7.26. The van der Waals surface area contributed by atoms with Gasteiger partial charge in [-0.3, -0.25) is 0 Å². The number of nitrogens with one attached hydrogen (secondary N) is 1. The Bertz CT molecular complexity index is 247. The molecule has 0 unspecified atom stereocenters. The van der Waals surface area contributed by atoms with Crippen molar-refractivity contribution in [2.24, 2.45) is 0 Å². The molecule has 0 aliphatic rings. The number of rotatable bonds is 7. The molecule has 2 nitrogen and oxygen atoms in total. The normalized spacial score (nSPS) is 13.3. The van der Waals surface area contributed by atoms with Crippen LogP contribution in [0.1, 0.15) is 13.8 Å². The molecule has 0 fully saturated rings. The summed E-state index contributed by atoms with van der Waals surface area (Å²) < 4.78 is 1.29. The number of thiophene rings is 1. The van der Waals surface area contributed by atoms with E-state index in [1.165, 1.54) is 9.11 Å². The minimum Gasteiger partial charge on any atom is -0.386 e. The monoisotopic (exact) mass is 246 g/mol. The molecule has 0 spiro atoms. The summed E-state index contributed by atoms with van der Waals surface area (Å²) in [6.45, 7) is 7.38. The van der Waals surface area contributed by atoms with Gasteiger partial charge in [-0.1, -0.05) is 6.07 Å². The lowest BCUT2D eigenvalue weighted by Gasteiger charge is -2.18. The molecule has 4 heteroatoms. The van der Waals surface area contributed by atoms with E-state index in [1.807, 2.05) is 0 Å². The molecule has 0 radical (unpaired) electrons. The molecule has 1 heterocycles. The summed E-state index contributed by atoms with van der Waals surface area (Å²) in [4.78, 5) is 1.47. The molecule has 0 saturated carbocycles. The minimum atomic E-state index is -0.188. The highest BCUT2D eigenvalue weighted by Crippen LogP contribution is 2.23. The topological polar surface area (TPSA) is 24.7 Å². The van der Waals surface area contributed by atoms with Crippen LogP contribution in [0.25, 0.3) is 0 Å². The van der Waals surface area contributed by atoms with Gasteiger partial charge in [-0.2, -0.15) is 0 Å². The van der Waals surface area contributed by atoms with E-state index < -0.39 is 0 Å². The molecule has 1 aromatic heterocycles. The maximum Gasteiger partial charge on any atom is 0.112 e. The van der Waals surface area contributed by atoms with Crippen molar-refractivity contribution >= 4 is 23.1 Å². The zero-order valence-corrected chi connectivity index (χ0v) is 11.0. The highest BCUT2D eigenvalue weighted by molar-refractivity contribution is 8.01. The van der Waals surface area contributed by atoms with Crippen LogP contribution >= 0.6 is 23.1 Å². The highest BCUT2D eigenvalue weighted by Gasteiger charge is 2.12. The van der Waals surface area contributed by atoms with Crippen LogP contribution in [0.2, 0.25) is 0 Å². The summed E-state index contributed by atoms with van der Waals surface area (Å²) >= 11 is 3.49. The number of quaternary nitrogens is 1. The van der Waals surface area contributed by atoms with Gasteiger partial charge in [0, 0.05) is 5.75 Å². The fraction of sp³-hybridized carbons (Fsp3) is 0.636. The number of aliphatic hydroxyl groups is 1. The first-order valence-corrected chi connectivity index (χ1v) is 7.30. The van der Waals surface area contributed by atoms with Crippen LogP contribution in [0, 0.1) is 0 Å². The van der Waals surface area contributed by atoms with Crippen LogP contribution in [0.4, 0.5) is 0 Å². The van der Waals surface area contributed by atoms with Gasteiger partial charge < -0.3 is 10.0 Å². The summed E-state index contributed by atoms with van der Waals surface area (Å²) in [5.74, 6) is 0.810. The van der Waals surface area contributed by atoms with E-state index in [0.29, 0.717) is 0 Å². The van der Waals surface area contributed by atoms with E-state index in [4.69, 9.17) is 0 Å². The second-order valence-corrected chi connectivity index (χ2v) is 5.83. The quantitative estimate of drug-likeness (QED) is 0.705. The zero-order chi connectivity index (χ0) is 11.1. The summed E-state index contributed by atoms with van der Waals surface area (Å²) in [7, 11) is 0. The van der Waals surface area contributed by atoms with Gasteiger partial charge in [-0.25, -0.2) is 0 Å². The molecule has 1 aromatic rings. The average molecular weight is 246 g/mol. The minimum absolute atomic E-state index is 0.188. The van der Waals surface area contributed by atoms with Crippen LogP contribution in [-0.2, 0) is 0 Å². The Morgan fingerprint density at radius 2 is 2.20 bits per heavy atom. The van der Waals surface area contributed by atoms with Crippen molar-refractivity contribution in [1.82, 2.24) is 0 Å². The summed E-state index contributed by atoms with van der Waals surface area (Å²) in [6.07, 6.45) is -0.188. The molecule has 0 saturated heterocycles. The van der Waals surface area contributed by atoms with E-state index >= 15 is 0 Å². The molecule has 0 aliphatic carbocycles. The van der Waals surface area contributed by atoms with Crippen LogP contribution < -0.4 is 4.90 Å². The molecule has 0 aliphatic heterocycles. The Morgan fingerprint density at radius 3 is 2.73 bits per heavy atom. The predicted octanol–water partition coefficient (Wildman–Crippen LogP) is 1.13. The molecule has 0 bridgehead atoms. The third kappa shape index (κ3) is 5.02. The zero-order valence-electron chi connectivity index (χ0n) is 9.40. The first-order valence-electron chi connectivity index (χ1n) is 5.44. The highest BCUT2D eigenvalue weighted by atomic mass is 32.2. The Kier molecular flexibility index (Phi) is 6.32. The van der Waals surface area contributed by atoms with Gasteiger partial charge in [0.2, 0.25) is 0 Å². The molecular weight excluding hydrogens is 226 g/mol. The third-order valence-corrected chi connectivity index (χ3v) is 4.71. The number of likely N-dealkylation sites (N-methyl/N-ethyl adjacent to an activating group) is 1. The predicted molar refractivity (Wildman–Crippen MR) is 68.0 cm³/mol.